The molecule has 19 heavy (non-hydrogen) atoms. The van der Waals surface area contributed by atoms with Crippen LogP contribution in [0.3, 0.4) is 0 Å². The van der Waals surface area contributed by atoms with Gasteiger partial charge in [0.05, 0.1) is 5.69 Å². The Hall–Kier alpha value is -2.30. The fourth-order valence-corrected chi connectivity index (χ4v) is 2.93. The second kappa shape index (κ2) is 4.76. The first-order valence-corrected chi connectivity index (χ1v) is 7.06. The van der Waals surface area contributed by atoms with Crippen molar-refractivity contribution in [2.75, 3.05) is 5.73 Å². The van der Waals surface area contributed by atoms with Gasteiger partial charge in [-0.3, -0.25) is 0 Å². The number of rotatable bonds is 2. The fourth-order valence-electron chi connectivity index (χ4n) is 1.53. The fraction of sp³-hybridized carbons (Fsp3) is 0. The summed E-state index contributed by atoms with van der Waals surface area (Å²) >= 11 is 2.86. The van der Waals surface area contributed by atoms with Crippen molar-refractivity contribution >= 4 is 27.8 Å². The molecule has 0 amide bonds. The molecule has 92 valence electrons. The summed E-state index contributed by atoms with van der Waals surface area (Å²) < 4.78 is 0. The minimum Gasteiger partial charge on any atom is -0.375 e. The number of anilines is 1. The maximum absolute atomic E-state index is 8.84. The van der Waals surface area contributed by atoms with E-state index in [1.165, 1.54) is 22.7 Å². The summed E-state index contributed by atoms with van der Waals surface area (Å²) in [6.45, 7) is 0. The average Bonchev–Trinajstić information content (AvgIpc) is 3.07. The van der Waals surface area contributed by atoms with Crippen LogP contribution in [-0.2, 0) is 0 Å². The van der Waals surface area contributed by atoms with Gasteiger partial charge in [0, 0.05) is 10.8 Å². The highest BCUT2D eigenvalue weighted by molar-refractivity contribution is 7.15. The summed E-state index contributed by atoms with van der Waals surface area (Å²) in [4.78, 5) is 12.9. The van der Waals surface area contributed by atoms with Crippen molar-refractivity contribution in [1.29, 1.82) is 5.26 Å². The Morgan fingerprint density at radius 2 is 1.84 bits per heavy atom. The zero-order chi connectivity index (χ0) is 13.2. The predicted octanol–water partition coefficient (Wildman–Crippen LogP) is 2.78. The van der Waals surface area contributed by atoms with E-state index in [4.69, 9.17) is 11.0 Å². The largest absolute Gasteiger partial charge is 0.375 e. The highest BCUT2D eigenvalue weighted by Crippen LogP contribution is 2.29. The van der Waals surface area contributed by atoms with Gasteiger partial charge < -0.3 is 5.73 Å². The zero-order valence-electron chi connectivity index (χ0n) is 9.57. The lowest BCUT2D eigenvalue weighted by molar-refractivity contribution is 1.24. The van der Waals surface area contributed by atoms with Crippen LogP contribution in [0.2, 0.25) is 0 Å². The zero-order valence-corrected chi connectivity index (χ0v) is 11.2. The molecule has 0 aliphatic carbocycles. The van der Waals surface area contributed by atoms with Crippen molar-refractivity contribution in [3.8, 4) is 28.2 Å². The summed E-state index contributed by atoms with van der Waals surface area (Å²) in [6, 6.07) is 7.30. The van der Waals surface area contributed by atoms with E-state index in [0.717, 1.165) is 16.4 Å². The van der Waals surface area contributed by atoms with Crippen molar-refractivity contribution in [3.63, 3.8) is 0 Å². The van der Waals surface area contributed by atoms with Crippen LogP contribution >= 0.6 is 22.7 Å². The lowest BCUT2D eigenvalue weighted by atomic mass is 10.2. The molecule has 3 heterocycles. The molecule has 0 aliphatic heterocycles. The third kappa shape index (κ3) is 2.31. The van der Waals surface area contributed by atoms with Gasteiger partial charge in [-0.25, -0.2) is 15.0 Å². The first-order valence-electron chi connectivity index (χ1n) is 5.30. The maximum atomic E-state index is 8.84. The second-order valence-electron chi connectivity index (χ2n) is 3.63. The van der Waals surface area contributed by atoms with E-state index in [1.807, 2.05) is 22.9 Å². The number of nitrogens with zero attached hydrogens (tertiary/aromatic N) is 4. The van der Waals surface area contributed by atoms with Crippen LogP contribution in [0, 0.1) is 11.3 Å². The van der Waals surface area contributed by atoms with E-state index in [0.29, 0.717) is 16.5 Å². The van der Waals surface area contributed by atoms with Crippen molar-refractivity contribution < 1.29 is 0 Å². The quantitative estimate of drug-likeness (QED) is 0.782. The molecule has 0 unspecified atom stereocenters. The molecule has 0 aliphatic rings. The first kappa shape index (κ1) is 11.8. The Balaban J connectivity index is 1.99. The normalized spacial score (nSPS) is 10.3. The number of thiazole rings is 2. The van der Waals surface area contributed by atoms with Crippen LogP contribution in [0.5, 0.6) is 0 Å². The molecule has 2 N–H and O–H groups in total. The van der Waals surface area contributed by atoms with Crippen LogP contribution in [0.4, 0.5) is 5.13 Å². The molecule has 3 rings (SSSR count). The highest BCUT2D eigenvalue weighted by atomic mass is 32.1. The Bertz CT molecular complexity index is 768. The van der Waals surface area contributed by atoms with Crippen molar-refractivity contribution in [2.24, 2.45) is 0 Å². The Labute approximate surface area is 117 Å². The van der Waals surface area contributed by atoms with Gasteiger partial charge in [0.25, 0.3) is 0 Å². The molecule has 0 aromatic carbocycles. The number of aromatic nitrogens is 3. The number of pyridine rings is 1. The second-order valence-corrected chi connectivity index (χ2v) is 5.38. The van der Waals surface area contributed by atoms with Gasteiger partial charge in [-0.05, 0) is 12.1 Å². The summed E-state index contributed by atoms with van der Waals surface area (Å²) in [5.74, 6) is 0. The number of nitrogens with two attached hydrogens (primary N) is 1. The number of hydrogen-bond donors (Lipinski definition) is 1. The van der Waals surface area contributed by atoms with E-state index in [2.05, 4.69) is 15.0 Å². The lowest BCUT2D eigenvalue weighted by Gasteiger charge is -1.95. The summed E-state index contributed by atoms with van der Waals surface area (Å²) in [6.07, 6.45) is 0. The summed E-state index contributed by atoms with van der Waals surface area (Å²) in [5.41, 5.74) is 8.18. The Morgan fingerprint density at radius 3 is 2.58 bits per heavy atom. The molecule has 0 saturated carbocycles. The SMILES string of the molecule is N#Cc1cccc(-c2csc(-c3csc(N)n3)n2)n1. The lowest BCUT2D eigenvalue weighted by Crippen LogP contribution is -1.87. The van der Waals surface area contributed by atoms with Crippen molar-refractivity contribution in [1.82, 2.24) is 15.0 Å². The Kier molecular flexibility index (Phi) is 2.95. The van der Waals surface area contributed by atoms with E-state index in [1.54, 1.807) is 12.1 Å². The van der Waals surface area contributed by atoms with Crippen LogP contribution in [0.15, 0.2) is 29.0 Å². The molecule has 7 heteroatoms. The molecule has 0 fully saturated rings. The van der Waals surface area contributed by atoms with Gasteiger partial charge in [-0.2, -0.15) is 5.26 Å². The van der Waals surface area contributed by atoms with Crippen LogP contribution in [-0.4, -0.2) is 15.0 Å². The monoisotopic (exact) mass is 285 g/mol. The molecular formula is C12H7N5S2. The van der Waals surface area contributed by atoms with Crippen molar-refractivity contribution in [2.45, 2.75) is 0 Å². The van der Waals surface area contributed by atoms with E-state index < -0.39 is 0 Å². The first-order chi connectivity index (χ1) is 9.26. The third-order valence-corrected chi connectivity index (χ3v) is 3.91. The van der Waals surface area contributed by atoms with E-state index in [-0.39, 0.29) is 0 Å². The molecule has 0 bridgehead atoms. The molecular weight excluding hydrogens is 278 g/mol. The number of nitriles is 1. The average molecular weight is 285 g/mol. The molecule has 0 saturated heterocycles. The minimum absolute atomic E-state index is 0.380. The summed E-state index contributed by atoms with van der Waals surface area (Å²) in [5, 5.41) is 13.9. The Morgan fingerprint density at radius 1 is 1.00 bits per heavy atom. The molecule has 0 radical (unpaired) electrons. The topological polar surface area (TPSA) is 88.5 Å². The molecule has 5 nitrogen and oxygen atoms in total. The van der Waals surface area contributed by atoms with Crippen molar-refractivity contribution in [3.05, 3.63) is 34.7 Å². The van der Waals surface area contributed by atoms with E-state index >= 15 is 0 Å². The molecule has 0 atom stereocenters. The smallest absolute Gasteiger partial charge is 0.180 e. The highest BCUT2D eigenvalue weighted by Gasteiger charge is 2.10. The maximum Gasteiger partial charge on any atom is 0.180 e. The van der Waals surface area contributed by atoms with Gasteiger partial charge in [-0.15, -0.1) is 22.7 Å². The molecule has 3 aromatic rings. The number of hydrogen-bond acceptors (Lipinski definition) is 7. The van der Waals surface area contributed by atoms with Gasteiger partial charge in [0.1, 0.15) is 28.2 Å². The van der Waals surface area contributed by atoms with Gasteiger partial charge in [-0.1, -0.05) is 6.07 Å². The van der Waals surface area contributed by atoms with Crippen LogP contribution in [0.25, 0.3) is 22.1 Å². The predicted molar refractivity (Wildman–Crippen MR) is 75.6 cm³/mol. The minimum atomic E-state index is 0.380. The number of nitrogen functional groups attached to an aromatic ring is 1. The molecule has 3 aromatic heterocycles. The van der Waals surface area contributed by atoms with Crippen LogP contribution < -0.4 is 5.73 Å². The van der Waals surface area contributed by atoms with Gasteiger partial charge >= 0.3 is 0 Å². The van der Waals surface area contributed by atoms with Gasteiger partial charge in [0.2, 0.25) is 0 Å². The van der Waals surface area contributed by atoms with E-state index in [9.17, 15) is 0 Å². The molecule has 0 spiro atoms. The van der Waals surface area contributed by atoms with Gasteiger partial charge in [0.15, 0.2) is 5.13 Å². The van der Waals surface area contributed by atoms with Crippen LogP contribution in [0.1, 0.15) is 5.69 Å². The standard InChI is InChI=1S/C12H7N5S2/c13-4-7-2-1-3-8(15-7)9-5-18-11(16-9)10-6-19-12(14)17-10/h1-3,5-6H,(H2,14,17). The third-order valence-electron chi connectivity index (χ3n) is 2.37. The summed E-state index contributed by atoms with van der Waals surface area (Å²) in [7, 11) is 0.